The highest BCUT2D eigenvalue weighted by Gasteiger charge is 2.03. The molecule has 1 aromatic rings. The minimum absolute atomic E-state index is 0.260. The number of rotatable bonds is 5. The monoisotopic (exact) mass is 191 g/mol. The maximum atomic E-state index is 11.2. The summed E-state index contributed by atoms with van der Waals surface area (Å²) in [5.74, 6) is -0.260. The first kappa shape index (κ1) is 10.8. The molecule has 75 valence electrons. The Morgan fingerprint density at radius 1 is 1.36 bits per heavy atom. The second kappa shape index (κ2) is 6.19. The van der Waals surface area contributed by atoms with Crippen molar-refractivity contribution in [1.82, 2.24) is 0 Å². The van der Waals surface area contributed by atoms with Crippen LogP contribution in [0.4, 0.5) is 0 Å². The van der Waals surface area contributed by atoms with Gasteiger partial charge in [-0.15, -0.1) is 0 Å². The van der Waals surface area contributed by atoms with E-state index in [4.69, 9.17) is 4.74 Å². The van der Waals surface area contributed by atoms with E-state index in [0.29, 0.717) is 6.61 Å². The molecule has 0 aliphatic heterocycles. The van der Waals surface area contributed by atoms with E-state index in [1.54, 1.807) is 0 Å². The van der Waals surface area contributed by atoms with Gasteiger partial charge in [-0.3, -0.25) is 4.79 Å². The molecule has 0 N–H and O–H groups in total. The van der Waals surface area contributed by atoms with Gasteiger partial charge in [-0.1, -0.05) is 43.7 Å². The van der Waals surface area contributed by atoms with Crippen molar-refractivity contribution < 1.29 is 9.53 Å². The molecule has 0 bridgehead atoms. The number of benzene rings is 1. The second-order valence-electron chi connectivity index (χ2n) is 3.08. The average molecular weight is 191 g/mol. The number of carbonyl (C=O) groups excluding carboxylic acids is 1. The summed E-state index contributed by atoms with van der Waals surface area (Å²) in [6.07, 6.45) is 3.47. The molecular formula is C12H15O2. The SMILES string of the molecule is CCCCOC(=O)[CH]c1ccccc1. The first-order chi connectivity index (χ1) is 6.83. The van der Waals surface area contributed by atoms with Crippen LogP contribution in [0.5, 0.6) is 0 Å². The first-order valence-electron chi connectivity index (χ1n) is 4.89. The summed E-state index contributed by atoms with van der Waals surface area (Å²) in [7, 11) is 0. The van der Waals surface area contributed by atoms with Gasteiger partial charge in [-0.25, -0.2) is 0 Å². The van der Waals surface area contributed by atoms with Crippen molar-refractivity contribution >= 4 is 5.97 Å². The Bertz CT molecular complexity index is 267. The van der Waals surface area contributed by atoms with Gasteiger partial charge >= 0.3 is 5.97 Å². The Morgan fingerprint density at radius 3 is 2.71 bits per heavy atom. The lowest BCUT2D eigenvalue weighted by molar-refractivity contribution is -0.139. The van der Waals surface area contributed by atoms with Crippen LogP contribution >= 0.6 is 0 Å². The molecule has 0 atom stereocenters. The Labute approximate surface area is 84.9 Å². The minimum Gasteiger partial charge on any atom is -0.465 e. The number of hydrogen-bond acceptors (Lipinski definition) is 2. The van der Waals surface area contributed by atoms with Crippen molar-refractivity contribution in [2.75, 3.05) is 6.61 Å². The Hall–Kier alpha value is -1.31. The van der Waals surface area contributed by atoms with Crippen molar-refractivity contribution in [1.29, 1.82) is 0 Å². The van der Waals surface area contributed by atoms with Gasteiger partial charge in [0.25, 0.3) is 0 Å². The molecule has 0 saturated heterocycles. The number of unbranched alkanes of at least 4 members (excludes halogenated alkanes) is 1. The topological polar surface area (TPSA) is 26.3 Å². The van der Waals surface area contributed by atoms with Crippen molar-refractivity contribution in [3.05, 3.63) is 42.3 Å². The molecule has 0 heterocycles. The maximum Gasteiger partial charge on any atom is 0.314 e. The molecule has 0 spiro atoms. The predicted molar refractivity (Wildman–Crippen MR) is 55.7 cm³/mol. The summed E-state index contributed by atoms with van der Waals surface area (Å²) in [5, 5.41) is 0. The molecule has 2 heteroatoms. The van der Waals surface area contributed by atoms with Gasteiger partial charge in [0.15, 0.2) is 0 Å². The van der Waals surface area contributed by atoms with E-state index in [-0.39, 0.29) is 5.97 Å². The van der Waals surface area contributed by atoms with Crippen LogP contribution in [0.25, 0.3) is 0 Å². The zero-order valence-corrected chi connectivity index (χ0v) is 8.40. The molecule has 0 amide bonds. The lowest BCUT2D eigenvalue weighted by atomic mass is 10.2. The van der Waals surface area contributed by atoms with E-state index in [1.807, 2.05) is 30.3 Å². The van der Waals surface area contributed by atoms with E-state index in [1.165, 1.54) is 6.42 Å². The lowest BCUT2D eigenvalue weighted by Crippen LogP contribution is -2.06. The molecule has 0 aliphatic carbocycles. The van der Waals surface area contributed by atoms with Gasteiger partial charge in [0.1, 0.15) is 0 Å². The standard InChI is InChI=1S/C12H15O2/c1-2-3-9-14-12(13)10-11-7-5-4-6-8-11/h4-8,10H,2-3,9H2,1H3. The van der Waals surface area contributed by atoms with Gasteiger partial charge < -0.3 is 4.74 Å². The summed E-state index contributed by atoms with van der Waals surface area (Å²) in [6, 6.07) is 9.46. The Morgan fingerprint density at radius 2 is 2.07 bits per heavy atom. The van der Waals surface area contributed by atoms with Crippen molar-refractivity contribution in [3.63, 3.8) is 0 Å². The fraction of sp³-hybridized carbons (Fsp3) is 0.333. The van der Waals surface area contributed by atoms with E-state index in [9.17, 15) is 4.79 Å². The Kier molecular flexibility index (Phi) is 4.76. The molecule has 1 aromatic carbocycles. The van der Waals surface area contributed by atoms with Crippen LogP contribution in [0, 0.1) is 6.42 Å². The maximum absolute atomic E-state index is 11.2. The van der Waals surface area contributed by atoms with Crippen LogP contribution in [0.3, 0.4) is 0 Å². The molecule has 1 radical (unpaired) electrons. The summed E-state index contributed by atoms with van der Waals surface area (Å²) in [5.41, 5.74) is 0.883. The van der Waals surface area contributed by atoms with Crippen molar-refractivity contribution in [2.45, 2.75) is 19.8 Å². The molecule has 0 aliphatic rings. The third-order valence-electron chi connectivity index (χ3n) is 1.83. The van der Waals surface area contributed by atoms with Gasteiger partial charge in [0, 0.05) is 0 Å². The van der Waals surface area contributed by atoms with Gasteiger partial charge in [0.05, 0.1) is 13.0 Å². The van der Waals surface area contributed by atoms with Crippen LogP contribution in [-0.4, -0.2) is 12.6 Å². The minimum atomic E-state index is -0.260. The summed E-state index contributed by atoms with van der Waals surface area (Å²) >= 11 is 0. The zero-order valence-electron chi connectivity index (χ0n) is 8.40. The molecule has 1 rings (SSSR count). The van der Waals surface area contributed by atoms with Crippen molar-refractivity contribution in [2.24, 2.45) is 0 Å². The fourth-order valence-electron chi connectivity index (χ4n) is 1.04. The third kappa shape index (κ3) is 4.08. The zero-order chi connectivity index (χ0) is 10.2. The highest BCUT2D eigenvalue weighted by atomic mass is 16.5. The number of carbonyl (C=O) groups is 1. The largest absolute Gasteiger partial charge is 0.465 e. The predicted octanol–water partition coefficient (Wildman–Crippen LogP) is 2.58. The summed E-state index contributed by atoms with van der Waals surface area (Å²) in [6.45, 7) is 2.58. The van der Waals surface area contributed by atoms with E-state index >= 15 is 0 Å². The third-order valence-corrected chi connectivity index (χ3v) is 1.83. The molecular weight excluding hydrogens is 176 g/mol. The Balaban J connectivity index is 2.27. The van der Waals surface area contributed by atoms with E-state index < -0.39 is 0 Å². The lowest BCUT2D eigenvalue weighted by Gasteiger charge is -2.02. The van der Waals surface area contributed by atoms with Crippen molar-refractivity contribution in [3.8, 4) is 0 Å². The van der Waals surface area contributed by atoms with Crippen LogP contribution < -0.4 is 0 Å². The normalized spacial score (nSPS) is 9.79. The number of ether oxygens (including phenoxy) is 1. The highest BCUT2D eigenvalue weighted by Crippen LogP contribution is 2.03. The quantitative estimate of drug-likeness (QED) is 0.528. The molecule has 0 aromatic heterocycles. The molecule has 14 heavy (non-hydrogen) atoms. The average Bonchev–Trinajstić information content (AvgIpc) is 2.20. The fourth-order valence-corrected chi connectivity index (χ4v) is 1.04. The molecule has 2 nitrogen and oxygen atoms in total. The molecule has 0 saturated carbocycles. The smallest absolute Gasteiger partial charge is 0.314 e. The highest BCUT2D eigenvalue weighted by molar-refractivity contribution is 5.83. The summed E-state index contributed by atoms with van der Waals surface area (Å²) < 4.78 is 4.99. The van der Waals surface area contributed by atoms with Gasteiger partial charge in [0.2, 0.25) is 0 Å². The number of esters is 1. The van der Waals surface area contributed by atoms with Crippen LogP contribution in [0.2, 0.25) is 0 Å². The second-order valence-corrected chi connectivity index (χ2v) is 3.08. The van der Waals surface area contributed by atoms with Crippen LogP contribution in [0.15, 0.2) is 30.3 Å². The van der Waals surface area contributed by atoms with Crippen LogP contribution in [-0.2, 0) is 9.53 Å². The van der Waals surface area contributed by atoms with Gasteiger partial charge in [-0.2, -0.15) is 0 Å². The molecule has 0 unspecified atom stereocenters. The van der Waals surface area contributed by atoms with E-state index in [2.05, 4.69) is 6.92 Å². The molecule has 0 fully saturated rings. The van der Waals surface area contributed by atoms with E-state index in [0.717, 1.165) is 18.4 Å². The summed E-state index contributed by atoms with van der Waals surface area (Å²) in [4.78, 5) is 11.2. The first-order valence-corrected chi connectivity index (χ1v) is 4.89. The van der Waals surface area contributed by atoms with Crippen LogP contribution in [0.1, 0.15) is 25.3 Å². The van der Waals surface area contributed by atoms with Gasteiger partial charge in [-0.05, 0) is 12.0 Å². The number of hydrogen-bond donors (Lipinski definition) is 0.